The maximum atomic E-state index is 13.5. The van der Waals surface area contributed by atoms with E-state index in [-0.39, 0.29) is 36.2 Å². The SMILES string of the molecule is CCOC(=O)/C(=C\N(c1ccc(C)cc1)c1c[nH]c2cc(F)ccc12)C(=O)[O-].[Na+]. The number of aryl methyl sites for hydroxylation is 1. The van der Waals surface area contributed by atoms with Crippen molar-refractivity contribution in [3.8, 4) is 0 Å². The van der Waals surface area contributed by atoms with Gasteiger partial charge in [0.2, 0.25) is 0 Å². The summed E-state index contributed by atoms with van der Waals surface area (Å²) >= 11 is 0. The Morgan fingerprint density at radius 3 is 2.52 bits per heavy atom. The van der Waals surface area contributed by atoms with E-state index in [1.807, 2.05) is 19.1 Å². The van der Waals surface area contributed by atoms with E-state index in [1.54, 1.807) is 31.3 Å². The van der Waals surface area contributed by atoms with Crippen molar-refractivity contribution in [2.45, 2.75) is 13.8 Å². The summed E-state index contributed by atoms with van der Waals surface area (Å²) in [5.74, 6) is -3.05. The third kappa shape index (κ3) is 5.06. The number of nitrogens with zero attached hydrogens (tertiary/aromatic N) is 1. The second-order valence-corrected chi connectivity index (χ2v) is 6.12. The average molecular weight is 404 g/mol. The van der Waals surface area contributed by atoms with Crippen molar-refractivity contribution in [3.05, 3.63) is 71.8 Å². The normalized spacial score (nSPS) is 11.1. The molecule has 1 aromatic heterocycles. The first-order valence-electron chi connectivity index (χ1n) is 8.63. The van der Waals surface area contributed by atoms with Crippen molar-refractivity contribution < 1.29 is 53.4 Å². The number of anilines is 2. The van der Waals surface area contributed by atoms with Crippen LogP contribution in [-0.2, 0) is 14.3 Å². The molecule has 0 saturated heterocycles. The number of carbonyl (C=O) groups excluding carboxylic acids is 2. The number of benzene rings is 2. The molecule has 6 nitrogen and oxygen atoms in total. The number of aliphatic carboxylic acids is 1. The van der Waals surface area contributed by atoms with Gasteiger partial charge < -0.3 is 24.5 Å². The van der Waals surface area contributed by atoms with Gasteiger partial charge in [0.15, 0.2) is 0 Å². The molecule has 0 bridgehead atoms. The summed E-state index contributed by atoms with van der Waals surface area (Å²) < 4.78 is 18.4. The molecule has 1 N–H and O–H groups in total. The number of carboxylic acids is 1. The van der Waals surface area contributed by atoms with Crippen LogP contribution < -0.4 is 39.6 Å². The van der Waals surface area contributed by atoms with E-state index >= 15 is 0 Å². The number of aromatic amines is 1. The quantitative estimate of drug-likeness (QED) is 0.205. The van der Waals surface area contributed by atoms with Crippen LogP contribution in [0.3, 0.4) is 0 Å². The first-order chi connectivity index (χ1) is 13.4. The molecule has 8 heteroatoms. The van der Waals surface area contributed by atoms with Crippen molar-refractivity contribution in [1.82, 2.24) is 4.98 Å². The van der Waals surface area contributed by atoms with E-state index in [0.29, 0.717) is 22.3 Å². The molecule has 0 aliphatic rings. The summed E-state index contributed by atoms with van der Waals surface area (Å²) in [5, 5.41) is 12.2. The summed E-state index contributed by atoms with van der Waals surface area (Å²) in [6.07, 6.45) is 2.77. The second-order valence-electron chi connectivity index (χ2n) is 6.12. The molecule has 0 spiro atoms. The van der Waals surface area contributed by atoms with Gasteiger partial charge in [0.1, 0.15) is 5.82 Å². The van der Waals surface area contributed by atoms with Gasteiger partial charge in [-0.3, -0.25) is 0 Å². The number of rotatable bonds is 6. The molecule has 0 atom stereocenters. The largest absolute Gasteiger partial charge is 1.00 e. The van der Waals surface area contributed by atoms with Gasteiger partial charge in [0, 0.05) is 23.5 Å². The van der Waals surface area contributed by atoms with Crippen LogP contribution in [0.15, 0.2) is 60.4 Å². The Bertz CT molecular complexity index is 1060. The van der Waals surface area contributed by atoms with Crippen molar-refractivity contribution in [1.29, 1.82) is 0 Å². The number of ether oxygens (including phenoxy) is 1. The summed E-state index contributed by atoms with van der Waals surface area (Å²) in [5.41, 5.74) is 2.07. The minimum absolute atomic E-state index is 0. The van der Waals surface area contributed by atoms with Crippen LogP contribution in [-0.4, -0.2) is 23.5 Å². The van der Waals surface area contributed by atoms with Crippen LogP contribution in [0.5, 0.6) is 0 Å². The molecule has 0 aliphatic heterocycles. The van der Waals surface area contributed by atoms with Crippen molar-refractivity contribution in [3.63, 3.8) is 0 Å². The molecular formula is C21H18FN2NaO4. The molecule has 1 heterocycles. The molecule has 0 amide bonds. The van der Waals surface area contributed by atoms with Crippen molar-refractivity contribution in [2.24, 2.45) is 0 Å². The monoisotopic (exact) mass is 404 g/mol. The fraction of sp³-hybridized carbons (Fsp3) is 0.143. The van der Waals surface area contributed by atoms with Gasteiger partial charge in [-0.05, 0) is 44.2 Å². The molecule has 3 aromatic rings. The van der Waals surface area contributed by atoms with Crippen molar-refractivity contribution in [2.75, 3.05) is 11.5 Å². The Kier molecular flexibility index (Phi) is 7.61. The second kappa shape index (κ2) is 9.73. The fourth-order valence-electron chi connectivity index (χ4n) is 2.80. The number of aromatic nitrogens is 1. The van der Waals surface area contributed by atoms with E-state index in [4.69, 9.17) is 4.74 Å². The van der Waals surface area contributed by atoms with Crippen LogP contribution in [0.2, 0.25) is 0 Å². The van der Waals surface area contributed by atoms with Crippen LogP contribution in [0.1, 0.15) is 12.5 Å². The minimum Gasteiger partial charge on any atom is -0.544 e. The number of halogens is 1. The Labute approximate surface area is 189 Å². The van der Waals surface area contributed by atoms with E-state index in [1.165, 1.54) is 17.0 Å². The van der Waals surface area contributed by atoms with Crippen LogP contribution in [0.4, 0.5) is 15.8 Å². The zero-order valence-corrected chi connectivity index (χ0v) is 18.4. The van der Waals surface area contributed by atoms with E-state index < -0.39 is 23.3 Å². The maximum absolute atomic E-state index is 13.5. The van der Waals surface area contributed by atoms with Crippen LogP contribution >= 0.6 is 0 Å². The Morgan fingerprint density at radius 1 is 1.21 bits per heavy atom. The number of hydrogen-bond acceptors (Lipinski definition) is 5. The number of fused-ring (bicyclic) bond motifs is 1. The molecule has 2 aromatic carbocycles. The fourth-order valence-corrected chi connectivity index (χ4v) is 2.80. The Hall–Kier alpha value is -2.61. The van der Waals surface area contributed by atoms with Gasteiger partial charge in [-0.15, -0.1) is 0 Å². The summed E-state index contributed by atoms with van der Waals surface area (Å²) in [6, 6.07) is 11.5. The zero-order chi connectivity index (χ0) is 20.3. The number of esters is 1. The average Bonchev–Trinajstić information content (AvgIpc) is 3.06. The van der Waals surface area contributed by atoms with Gasteiger partial charge in [-0.2, -0.15) is 0 Å². The summed E-state index contributed by atoms with van der Waals surface area (Å²) in [7, 11) is 0. The number of hydrogen-bond donors (Lipinski definition) is 1. The van der Waals surface area contributed by atoms with E-state index in [9.17, 15) is 19.1 Å². The van der Waals surface area contributed by atoms with Gasteiger partial charge in [0.25, 0.3) is 0 Å². The van der Waals surface area contributed by atoms with Gasteiger partial charge in [-0.1, -0.05) is 17.7 Å². The smallest absolute Gasteiger partial charge is 0.544 e. The molecule has 0 saturated carbocycles. The van der Waals surface area contributed by atoms with E-state index in [2.05, 4.69) is 4.98 Å². The van der Waals surface area contributed by atoms with Crippen LogP contribution in [0.25, 0.3) is 10.9 Å². The molecule has 29 heavy (non-hydrogen) atoms. The van der Waals surface area contributed by atoms with E-state index in [0.717, 1.165) is 11.8 Å². The maximum Gasteiger partial charge on any atom is 1.00 e. The Morgan fingerprint density at radius 2 is 1.90 bits per heavy atom. The number of nitrogens with one attached hydrogen (secondary N) is 1. The third-order valence-corrected chi connectivity index (χ3v) is 4.17. The zero-order valence-electron chi connectivity index (χ0n) is 16.4. The molecular weight excluding hydrogens is 386 g/mol. The van der Waals surface area contributed by atoms with Crippen molar-refractivity contribution >= 4 is 34.2 Å². The number of H-pyrrole nitrogens is 1. The molecule has 0 fully saturated rings. The van der Waals surface area contributed by atoms with Gasteiger partial charge >= 0.3 is 35.5 Å². The topological polar surface area (TPSA) is 85.5 Å². The standard InChI is InChI=1S/C21H19FN2O4.Na/c1-3-28-21(27)17(20(25)26)12-24(15-7-4-13(2)5-8-15)19-11-23-18-10-14(22)6-9-16(18)19;/h4-12,23H,3H2,1-2H3,(H,25,26);/q;+1/p-1/b17-12-;. The van der Waals surface area contributed by atoms with Crippen LogP contribution in [0, 0.1) is 12.7 Å². The summed E-state index contributed by atoms with van der Waals surface area (Å²) in [6.45, 7) is 3.53. The van der Waals surface area contributed by atoms with Gasteiger partial charge in [-0.25, -0.2) is 9.18 Å². The number of carbonyl (C=O) groups is 2. The molecule has 0 radical (unpaired) electrons. The molecule has 0 unspecified atom stereocenters. The predicted molar refractivity (Wildman–Crippen MR) is 101 cm³/mol. The molecule has 0 aliphatic carbocycles. The third-order valence-electron chi connectivity index (χ3n) is 4.17. The molecule has 3 rings (SSSR count). The van der Waals surface area contributed by atoms with Gasteiger partial charge in [0.05, 0.1) is 29.4 Å². The Balaban J connectivity index is 0.00000300. The predicted octanol–water partition coefficient (Wildman–Crippen LogP) is -0.0456. The molecule has 144 valence electrons. The summed E-state index contributed by atoms with van der Waals surface area (Å²) in [4.78, 5) is 28.1. The first-order valence-corrected chi connectivity index (χ1v) is 8.63. The number of carboxylic acid groups (broad SMARTS) is 1. The minimum atomic E-state index is -1.65. The first kappa shape index (κ1) is 22.7.